The highest BCUT2D eigenvalue weighted by atomic mass is 16.6. The van der Waals surface area contributed by atoms with E-state index in [-0.39, 0.29) is 18.5 Å². The van der Waals surface area contributed by atoms with Gasteiger partial charge in [0.05, 0.1) is 6.07 Å². The Balaban J connectivity index is 3.36. The second-order valence-electron chi connectivity index (χ2n) is 8.86. The Kier molecular flexibility index (Phi) is 9.04. The van der Waals surface area contributed by atoms with E-state index in [1.54, 1.807) is 20.8 Å². The van der Waals surface area contributed by atoms with Crippen molar-refractivity contribution in [1.82, 2.24) is 15.5 Å². The van der Waals surface area contributed by atoms with Crippen LogP contribution in [0.4, 0.5) is 4.79 Å². The number of benzene rings is 1. The topological polar surface area (TPSA) is 112 Å². The summed E-state index contributed by atoms with van der Waals surface area (Å²) in [6.07, 6.45) is -0.750. The molecule has 0 bridgehead atoms. The van der Waals surface area contributed by atoms with E-state index in [1.165, 1.54) is 11.8 Å². The third-order valence-corrected chi connectivity index (χ3v) is 4.43. The molecule has 2 unspecified atom stereocenters. The van der Waals surface area contributed by atoms with Gasteiger partial charge in [-0.1, -0.05) is 18.2 Å². The lowest BCUT2D eigenvalue weighted by molar-refractivity contribution is -0.141. The fourth-order valence-corrected chi connectivity index (χ4v) is 3.22. The van der Waals surface area contributed by atoms with Gasteiger partial charge in [0.15, 0.2) is 0 Å². The first-order valence-electron chi connectivity index (χ1n) is 10.3. The van der Waals surface area contributed by atoms with E-state index in [9.17, 15) is 19.6 Å². The largest absolute Gasteiger partial charge is 0.444 e. The van der Waals surface area contributed by atoms with Gasteiger partial charge in [0.1, 0.15) is 24.2 Å². The molecule has 170 valence electrons. The molecule has 2 N–H and O–H groups in total. The van der Waals surface area contributed by atoms with Crippen molar-refractivity contribution in [2.75, 3.05) is 6.54 Å². The highest BCUT2D eigenvalue weighted by molar-refractivity contribution is 5.92. The van der Waals surface area contributed by atoms with E-state index in [0.29, 0.717) is 5.56 Å². The number of nitrogens with one attached hydrogen (secondary N) is 2. The molecule has 0 radical (unpaired) electrons. The molecule has 8 nitrogen and oxygen atoms in total. The minimum Gasteiger partial charge on any atom is -0.444 e. The van der Waals surface area contributed by atoms with Crippen LogP contribution in [0.1, 0.15) is 64.3 Å². The molecule has 0 spiro atoms. The molecule has 1 aromatic carbocycles. The molecule has 0 saturated heterocycles. The molecule has 1 aromatic rings. The van der Waals surface area contributed by atoms with E-state index in [2.05, 4.69) is 10.6 Å². The summed E-state index contributed by atoms with van der Waals surface area (Å²) < 4.78 is 5.22. The lowest BCUT2D eigenvalue weighted by Crippen LogP contribution is -2.52. The molecule has 0 aliphatic carbocycles. The number of amides is 3. The minimum atomic E-state index is -1.02. The Morgan fingerprint density at radius 2 is 1.65 bits per heavy atom. The summed E-state index contributed by atoms with van der Waals surface area (Å²) in [5.41, 5.74) is 1.59. The maximum Gasteiger partial charge on any atom is 0.408 e. The fourth-order valence-electron chi connectivity index (χ4n) is 3.22. The number of carbonyl (C=O) groups is 3. The molecule has 0 aliphatic rings. The molecular weight excluding hydrogens is 396 g/mol. The van der Waals surface area contributed by atoms with Gasteiger partial charge in [-0.05, 0) is 72.1 Å². The third-order valence-electron chi connectivity index (χ3n) is 4.43. The van der Waals surface area contributed by atoms with Crippen molar-refractivity contribution in [3.05, 3.63) is 34.9 Å². The van der Waals surface area contributed by atoms with Gasteiger partial charge in [0.2, 0.25) is 11.8 Å². The summed E-state index contributed by atoms with van der Waals surface area (Å²) in [5, 5.41) is 14.8. The highest BCUT2D eigenvalue weighted by Gasteiger charge is 2.36. The number of nitriles is 1. The first-order chi connectivity index (χ1) is 14.3. The Morgan fingerprint density at radius 3 is 2.10 bits per heavy atom. The fraction of sp³-hybridized carbons (Fsp3) is 0.565. The second kappa shape index (κ2) is 10.8. The molecule has 31 heavy (non-hydrogen) atoms. The number of ether oxygens (including phenoxy) is 1. The van der Waals surface area contributed by atoms with Gasteiger partial charge in [-0.3, -0.25) is 9.59 Å². The molecule has 0 aliphatic heterocycles. The predicted octanol–water partition coefficient (Wildman–Crippen LogP) is 3.13. The molecule has 3 amide bonds. The summed E-state index contributed by atoms with van der Waals surface area (Å²) in [6.45, 7) is 13.7. The van der Waals surface area contributed by atoms with Crippen LogP contribution in [0, 0.1) is 25.2 Å². The van der Waals surface area contributed by atoms with Crippen LogP contribution in [0.2, 0.25) is 0 Å². The van der Waals surface area contributed by atoms with Crippen molar-refractivity contribution in [1.29, 1.82) is 5.26 Å². The molecule has 0 fully saturated rings. The summed E-state index contributed by atoms with van der Waals surface area (Å²) in [4.78, 5) is 39.8. The van der Waals surface area contributed by atoms with Crippen LogP contribution in [-0.2, 0) is 14.3 Å². The van der Waals surface area contributed by atoms with Gasteiger partial charge in [0, 0.05) is 6.04 Å². The molecular formula is C23H34N4O4. The van der Waals surface area contributed by atoms with E-state index in [4.69, 9.17) is 4.74 Å². The smallest absolute Gasteiger partial charge is 0.408 e. The normalized spacial score (nSPS) is 13.0. The van der Waals surface area contributed by atoms with E-state index < -0.39 is 29.7 Å². The highest BCUT2D eigenvalue weighted by Crippen LogP contribution is 2.28. The molecule has 1 rings (SSSR count). The molecule has 0 aromatic heterocycles. The quantitative estimate of drug-likeness (QED) is 0.646. The Morgan fingerprint density at radius 1 is 1.10 bits per heavy atom. The average Bonchev–Trinajstić information content (AvgIpc) is 2.60. The van der Waals surface area contributed by atoms with Gasteiger partial charge < -0.3 is 20.3 Å². The minimum absolute atomic E-state index is 0.157. The number of carbonyl (C=O) groups excluding carboxylic acids is 3. The van der Waals surface area contributed by atoms with Crippen molar-refractivity contribution in [3.63, 3.8) is 0 Å². The first-order valence-corrected chi connectivity index (χ1v) is 10.3. The molecule has 2 atom stereocenters. The molecule has 0 saturated carbocycles. The number of nitrogens with zero attached hydrogens (tertiary/aromatic N) is 2. The maximum atomic E-state index is 13.3. The standard InChI is InChI=1S/C23H34N4O4/c1-14(2)25-20(28)19(18-15(3)10-9-11-16(18)4)27(13-12-24)21(29)17(5)26-22(30)31-23(6,7)8/h9-11,14,17,19H,13H2,1-8H3,(H,25,28)(H,26,30). The van der Waals surface area contributed by atoms with Crippen LogP contribution < -0.4 is 10.6 Å². The van der Waals surface area contributed by atoms with Crippen LogP contribution in [0.15, 0.2) is 18.2 Å². The monoisotopic (exact) mass is 430 g/mol. The molecule has 8 heteroatoms. The zero-order valence-corrected chi connectivity index (χ0v) is 19.7. The van der Waals surface area contributed by atoms with Crippen molar-refractivity contribution in [2.45, 2.75) is 79.1 Å². The Labute approximate surface area is 184 Å². The summed E-state index contributed by atoms with van der Waals surface area (Å²) in [6, 6.07) is 5.39. The van der Waals surface area contributed by atoms with E-state index in [1.807, 2.05) is 52.0 Å². The lowest BCUT2D eigenvalue weighted by Gasteiger charge is -2.33. The van der Waals surface area contributed by atoms with E-state index >= 15 is 0 Å². The van der Waals surface area contributed by atoms with Gasteiger partial charge in [0.25, 0.3) is 0 Å². The first kappa shape index (κ1) is 26.0. The predicted molar refractivity (Wildman–Crippen MR) is 118 cm³/mol. The maximum absolute atomic E-state index is 13.3. The van der Waals surface area contributed by atoms with Crippen molar-refractivity contribution in [2.24, 2.45) is 0 Å². The van der Waals surface area contributed by atoms with Crippen LogP contribution in [0.5, 0.6) is 0 Å². The van der Waals surface area contributed by atoms with Crippen LogP contribution in [0.3, 0.4) is 0 Å². The number of hydrogen-bond donors (Lipinski definition) is 2. The van der Waals surface area contributed by atoms with E-state index in [0.717, 1.165) is 11.1 Å². The van der Waals surface area contributed by atoms with Crippen molar-refractivity contribution >= 4 is 17.9 Å². The SMILES string of the molecule is Cc1cccc(C)c1C(C(=O)NC(C)C)N(CC#N)C(=O)C(C)NC(=O)OC(C)(C)C. The van der Waals surface area contributed by atoms with Gasteiger partial charge in [-0.25, -0.2) is 4.79 Å². The lowest BCUT2D eigenvalue weighted by atomic mass is 9.93. The summed E-state index contributed by atoms with van der Waals surface area (Å²) in [5.74, 6) is -0.945. The second-order valence-corrected chi connectivity index (χ2v) is 8.86. The Hall–Kier alpha value is -3.08. The molecule has 0 heterocycles. The summed E-state index contributed by atoms with van der Waals surface area (Å²) in [7, 11) is 0. The third kappa shape index (κ3) is 7.59. The van der Waals surface area contributed by atoms with Crippen LogP contribution in [0.25, 0.3) is 0 Å². The van der Waals surface area contributed by atoms with Crippen LogP contribution in [-0.4, -0.2) is 47.0 Å². The van der Waals surface area contributed by atoms with Crippen molar-refractivity contribution < 1.29 is 19.1 Å². The zero-order valence-electron chi connectivity index (χ0n) is 19.7. The number of hydrogen-bond acceptors (Lipinski definition) is 5. The van der Waals surface area contributed by atoms with Crippen LogP contribution >= 0.6 is 0 Å². The average molecular weight is 431 g/mol. The van der Waals surface area contributed by atoms with Gasteiger partial charge >= 0.3 is 6.09 Å². The Bertz CT molecular complexity index is 832. The number of alkyl carbamates (subject to hydrolysis) is 1. The number of aryl methyl sites for hydroxylation is 2. The van der Waals surface area contributed by atoms with Gasteiger partial charge in [-0.15, -0.1) is 0 Å². The van der Waals surface area contributed by atoms with Gasteiger partial charge in [-0.2, -0.15) is 5.26 Å². The summed E-state index contributed by atoms with van der Waals surface area (Å²) >= 11 is 0. The zero-order chi connectivity index (χ0) is 23.9. The van der Waals surface area contributed by atoms with Crippen molar-refractivity contribution in [3.8, 4) is 6.07 Å². The number of rotatable bonds is 7.